The van der Waals surface area contributed by atoms with Crippen molar-refractivity contribution in [2.24, 2.45) is 11.7 Å². The molecule has 0 aliphatic carbocycles. The summed E-state index contributed by atoms with van der Waals surface area (Å²) in [6.45, 7) is 2.54. The first-order chi connectivity index (χ1) is 16.5. The molecule has 3 aromatic rings. The highest BCUT2D eigenvalue weighted by Gasteiger charge is 2.38. The molecule has 0 bridgehead atoms. The van der Waals surface area contributed by atoms with E-state index in [-0.39, 0.29) is 30.3 Å². The van der Waals surface area contributed by atoms with Gasteiger partial charge in [0.2, 0.25) is 0 Å². The fraction of sp³-hybridized carbons (Fsp3) is 0.296. The second-order valence-corrected chi connectivity index (χ2v) is 9.44. The second-order valence-electron chi connectivity index (χ2n) is 8.38. The fourth-order valence-electron chi connectivity index (χ4n) is 4.06. The lowest BCUT2D eigenvalue weighted by molar-refractivity contribution is -0.268. The average molecular weight is 480 g/mol. The average Bonchev–Trinajstić information content (AvgIpc) is 2.88. The molecule has 0 saturated carbocycles. The highest BCUT2D eigenvalue weighted by Crippen LogP contribution is 2.43. The van der Waals surface area contributed by atoms with Gasteiger partial charge >= 0.3 is 5.97 Å². The largest absolute Gasteiger partial charge is 0.478 e. The molecule has 6 nitrogen and oxygen atoms in total. The monoisotopic (exact) mass is 479 g/mol. The maximum atomic E-state index is 11.6. The molecule has 4 rings (SSSR count). The van der Waals surface area contributed by atoms with E-state index >= 15 is 0 Å². The first-order valence-corrected chi connectivity index (χ1v) is 12.2. The van der Waals surface area contributed by atoms with Gasteiger partial charge in [-0.1, -0.05) is 67.6 Å². The molecule has 0 amide bonds. The SMILES string of the molecule is C[C@H]1[C@@H](CSc2ccccc2C(=O)O)O[C@@H](c2ccc(CN)cc2)O[C@H]1c1ccc(CO)cc1. The smallest absolute Gasteiger partial charge is 0.336 e. The molecule has 1 fully saturated rings. The highest BCUT2D eigenvalue weighted by molar-refractivity contribution is 7.99. The van der Waals surface area contributed by atoms with Crippen LogP contribution in [-0.4, -0.2) is 28.0 Å². The third-order valence-corrected chi connectivity index (χ3v) is 7.29. The first-order valence-electron chi connectivity index (χ1n) is 11.2. The molecule has 0 unspecified atom stereocenters. The summed E-state index contributed by atoms with van der Waals surface area (Å²) in [5.41, 5.74) is 9.82. The van der Waals surface area contributed by atoms with Gasteiger partial charge in [0.05, 0.1) is 24.4 Å². The number of nitrogens with two attached hydrogens (primary N) is 1. The second kappa shape index (κ2) is 11.2. The minimum absolute atomic E-state index is 0.0111. The van der Waals surface area contributed by atoms with Crippen molar-refractivity contribution in [3.8, 4) is 0 Å². The van der Waals surface area contributed by atoms with Gasteiger partial charge in [-0.15, -0.1) is 11.8 Å². The Labute approximate surface area is 203 Å². The molecule has 34 heavy (non-hydrogen) atoms. The Kier molecular flexibility index (Phi) is 8.03. The van der Waals surface area contributed by atoms with E-state index in [4.69, 9.17) is 15.2 Å². The summed E-state index contributed by atoms with van der Waals surface area (Å²) >= 11 is 1.48. The number of carboxylic acids is 1. The number of carbonyl (C=O) groups is 1. The third kappa shape index (κ3) is 5.51. The molecule has 1 heterocycles. The molecule has 178 valence electrons. The zero-order chi connectivity index (χ0) is 24.1. The number of hydrogen-bond donors (Lipinski definition) is 3. The number of ether oxygens (including phenoxy) is 2. The molecule has 3 aromatic carbocycles. The Bertz CT molecular complexity index is 1100. The number of aliphatic hydroxyl groups excluding tert-OH is 1. The van der Waals surface area contributed by atoms with Gasteiger partial charge < -0.3 is 25.4 Å². The molecule has 7 heteroatoms. The molecule has 1 saturated heterocycles. The van der Waals surface area contributed by atoms with Crippen LogP contribution in [0.5, 0.6) is 0 Å². The molecule has 0 aromatic heterocycles. The van der Waals surface area contributed by atoms with Gasteiger partial charge in [-0.05, 0) is 28.8 Å². The van der Waals surface area contributed by atoms with E-state index in [0.29, 0.717) is 17.2 Å². The number of hydrogen-bond acceptors (Lipinski definition) is 6. The summed E-state index contributed by atoms with van der Waals surface area (Å²) < 4.78 is 12.9. The van der Waals surface area contributed by atoms with Crippen molar-refractivity contribution in [2.45, 2.75) is 43.5 Å². The van der Waals surface area contributed by atoms with Crippen molar-refractivity contribution >= 4 is 17.7 Å². The number of thioether (sulfide) groups is 1. The molecule has 4 N–H and O–H groups in total. The van der Waals surface area contributed by atoms with Gasteiger partial charge in [-0.3, -0.25) is 0 Å². The van der Waals surface area contributed by atoms with Gasteiger partial charge in [-0.25, -0.2) is 4.79 Å². The van der Waals surface area contributed by atoms with Crippen LogP contribution < -0.4 is 5.73 Å². The number of aromatic carboxylic acids is 1. The number of carboxylic acid groups (broad SMARTS) is 1. The van der Waals surface area contributed by atoms with E-state index in [2.05, 4.69) is 6.92 Å². The summed E-state index contributed by atoms with van der Waals surface area (Å²) in [5.74, 6) is -0.343. The van der Waals surface area contributed by atoms with Crippen LogP contribution in [0, 0.1) is 5.92 Å². The van der Waals surface area contributed by atoms with Gasteiger partial charge in [0.15, 0.2) is 6.29 Å². The van der Waals surface area contributed by atoms with Crippen molar-refractivity contribution in [3.05, 3.63) is 101 Å². The number of aliphatic hydroxyl groups is 1. The third-order valence-electron chi connectivity index (χ3n) is 6.13. The zero-order valence-electron chi connectivity index (χ0n) is 19.0. The molecule has 0 spiro atoms. The Morgan fingerprint density at radius 1 is 0.941 bits per heavy atom. The van der Waals surface area contributed by atoms with Crippen molar-refractivity contribution in [1.82, 2.24) is 0 Å². The molecule has 1 aliphatic heterocycles. The summed E-state index contributed by atoms with van der Waals surface area (Å²) in [7, 11) is 0. The van der Waals surface area contributed by atoms with Gasteiger partial charge in [-0.2, -0.15) is 0 Å². The van der Waals surface area contributed by atoms with Crippen molar-refractivity contribution < 1.29 is 24.5 Å². The van der Waals surface area contributed by atoms with Crippen LogP contribution in [0.15, 0.2) is 77.7 Å². The predicted molar refractivity (Wildman–Crippen MR) is 131 cm³/mol. The summed E-state index contributed by atoms with van der Waals surface area (Å²) in [6, 6.07) is 22.7. The van der Waals surface area contributed by atoms with Crippen LogP contribution in [0.25, 0.3) is 0 Å². The van der Waals surface area contributed by atoms with E-state index in [0.717, 1.165) is 22.3 Å². The van der Waals surface area contributed by atoms with Crippen LogP contribution >= 0.6 is 11.8 Å². The standard InChI is InChI=1S/C27H29NO5S/c1-17-23(16-34-24-5-3-2-4-22(24)26(30)31)32-27(21-12-6-18(14-28)7-13-21)33-25(17)20-10-8-19(15-29)9-11-20/h2-13,17,23,25,27,29H,14-16,28H2,1H3,(H,30,31)/t17-,23+,25+,27+/m0/s1. The summed E-state index contributed by atoms with van der Waals surface area (Å²) in [6.07, 6.45) is -0.964. The maximum Gasteiger partial charge on any atom is 0.336 e. The van der Waals surface area contributed by atoms with E-state index in [1.165, 1.54) is 11.8 Å². The van der Waals surface area contributed by atoms with Crippen LogP contribution in [0.1, 0.15) is 51.9 Å². The lowest BCUT2D eigenvalue weighted by Crippen LogP contribution is -2.38. The topological polar surface area (TPSA) is 102 Å². The quantitative estimate of drug-likeness (QED) is 0.394. The van der Waals surface area contributed by atoms with E-state index < -0.39 is 12.3 Å². The van der Waals surface area contributed by atoms with Crippen LogP contribution in [0.4, 0.5) is 0 Å². The first kappa shape index (κ1) is 24.4. The minimum atomic E-state index is -0.941. The maximum absolute atomic E-state index is 11.6. The van der Waals surface area contributed by atoms with Crippen molar-refractivity contribution in [2.75, 3.05) is 5.75 Å². The van der Waals surface area contributed by atoms with Gasteiger partial charge in [0, 0.05) is 28.7 Å². The number of rotatable bonds is 8. The van der Waals surface area contributed by atoms with Crippen molar-refractivity contribution in [3.63, 3.8) is 0 Å². The van der Waals surface area contributed by atoms with Crippen LogP contribution in [-0.2, 0) is 22.6 Å². The van der Waals surface area contributed by atoms with Gasteiger partial charge in [0.25, 0.3) is 0 Å². The zero-order valence-corrected chi connectivity index (χ0v) is 19.8. The van der Waals surface area contributed by atoms with E-state index in [9.17, 15) is 15.0 Å². The minimum Gasteiger partial charge on any atom is -0.478 e. The molecule has 0 radical (unpaired) electrons. The Morgan fingerprint density at radius 2 is 1.59 bits per heavy atom. The fourth-order valence-corrected chi connectivity index (χ4v) is 5.27. The highest BCUT2D eigenvalue weighted by atomic mass is 32.2. The molecular weight excluding hydrogens is 450 g/mol. The Balaban J connectivity index is 1.60. The van der Waals surface area contributed by atoms with E-state index in [1.54, 1.807) is 12.1 Å². The van der Waals surface area contributed by atoms with Crippen molar-refractivity contribution in [1.29, 1.82) is 0 Å². The molecule has 1 aliphatic rings. The number of benzene rings is 3. The van der Waals surface area contributed by atoms with Crippen LogP contribution in [0.2, 0.25) is 0 Å². The summed E-state index contributed by atoms with van der Waals surface area (Å²) in [5, 5.41) is 18.9. The Morgan fingerprint density at radius 3 is 2.24 bits per heavy atom. The lowest BCUT2D eigenvalue weighted by Gasteiger charge is -2.41. The predicted octanol–water partition coefficient (Wildman–Crippen LogP) is 4.92. The van der Waals surface area contributed by atoms with E-state index in [1.807, 2.05) is 60.7 Å². The van der Waals surface area contributed by atoms with Gasteiger partial charge in [0.1, 0.15) is 0 Å². The lowest BCUT2D eigenvalue weighted by atomic mass is 9.91. The molecule has 4 atom stereocenters. The normalized spacial score (nSPS) is 22.4. The Hall–Kier alpha value is -2.68. The summed E-state index contributed by atoms with van der Waals surface area (Å²) in [4.78, 5) is 12.3. The molecular formula is C27H29NO5S. The van der Waals surface area contributed by atoms with Crippen LogP contribution in [0.3, 0.4) is 0 Å².